The Hall–Kier alpha value is -2.45. The van der Waals surface area contributed by atoms with E-state index in [1.54, 1.807) is 6.20 Å². The van der Waals surface area contributed by atoms with Gasteiger partial charge in [-0.05, 0) is 49.7 Å². The first-order chi connectivity index (χ1) is 11.2. The minimum atomic E-state index is 0.393. The first-order valence-corrected chi connectivity index (χ1v) is 7.86. The zero-order valence-corrected chi connectivity index (χ0v) is 13.6. The van der Waals surface area contributed by atoms with E-state index in [0.29, 0.717) is 17.5 Å². The maximum atomic E-state index is 8.87. The Morgan fingerprint density at radius 1 is 1.35 bits per heavy atom. The molecular formula is C18H21N5. The third-order valence-corrected chi connectivity index (χ3v) is 4.58. The molecule has 1 saturated heterocycles. The number of anilines is 1. The van der Waals surface area contributed by atoms with Crippen LogP contribution in [0.25, 0.3) is 0 Å². The van der Waals surface area contributed by atoms with Crippen LogP contribution in [-0.4, -0.2) is 42.1 Å². The highest BCUT2D eigenvalue weighted by atomic mass is 15.2. The van der Waals surface area contributed by atoms with Gasteiger partial charge in [-0.1, -0.05) is 6.07 Å². The second-order valence-electron chi connectivity index (χ2n) is 6.16. The molecule has 0 unspecified atom stereocenters. The SMILES string of the molecule is CN(C[C@@H]1CCN(C)[C@H]1c1cccnc1)c1ccc(C#N)cn1. The van der Waals surface area contributed by atoms with E-state index < -0.39 is 0 Å². The molecule has 0 bridgehead atoms. The third kappa shape index (κ3) is 3.33. The van der Waals surface area contributed by atoms with Crippen LogP contribution in [0.2, 0.25) is 0 Å². The molecule has 2 atom stereocenters. The van der Waals surface area contributed by atoms with E-state index in [1.165, 1.54) is 5.56 Å². The lowest BCUT2D eigenvalue weighted by Crippen LogP contribution is -2.30. The second-order valence-corrected chi connectivity index (χ2v) is 6.16. The fourth-order valence-corrected chi connectivity index (χ4v) is 3.42. The summed E-state index contributed by atoms with van der Waals surface area (Å²) in [5.41, 5.74) is 1.87. The fraction of sp³-hybridized carbons (Fsp3) is 0.389. The maximum Gasteiger partial charge on any atom is 0.128 e. The van der Waals surface area contributed by atoms with Crippen molar-refractivity contribution < 1.29 is 0 Å². The quantitative estimate of drug-likeness (QED) is 0.868. The summed E-state index contributed by atoms with van der Waals surface area (Å²) in [5, 5.41) is 8.87. The van der Waals surface area contributed by atoms with Crippen LogP contribution in [0.4, 0.5) is 5.82 Å². The number of aromatic nitrogens is 2. The van der Waals surface area contributed by atoms with Gasteiger partial charge in [0.1, 0.15) is 11.9 Å². The van der Waals surface area contributed by atoms with E-state index in [-0.39, 0.29) is 0 Å². The fourth-order valence-electron chi connectivity index (χ4n) is 3.42. The van der Waals surface area contributed by atoms with Crippen LogP contribution in [0.5, 0.6) is 0 Å². The summed E-state index contributed by atoms with van der Waals surface area (Å²) >= 11 is 0. The standard InChI is InChI=1S/C18H21N5/c1-22-9-7-16(18(22)15-4-3-8-20-12-15)13-23(2)17-6-5-14(10-19)11-21-17/h3-6,8,11-12,16,18H,7,9,13H2,1-2H3/t16-,18-/m0/s1. The van der Waals surface area contributed by atoms with E-state index >= 15 is 0 Å². The van der Waals surface area contributed by atoms with Gasteiger partial charge in [0.15, 0.2) is 0 Å². The molecule has 23 heavy (non-hydrogen) atoms. The molecule has 3 rings (SSSR count). The first kappa shape index (κ1) is 15.4. The van der Waals surface area contributed by atoms with Gasteiger partial charge in [0.05, 0.1) is 5.56 Å². The normalized spacial score (nSPS) is 21.1. The van der Waals surface area contributed by atoms with Crippen molar-refractivity contribution in [1.29, 1.82) is 5.26 Å². The number of hydrogen-bond acceptors (Lipinski definition) is 5. The largest absolute Gasteiger partial charge is 0.359 e. The van der Waals surface area contributed by atoms with Crippen molar-refractivity contribution >= 4 is 5.82 Å². The molecule has 1 fully saturated rings. The smallest absolute Gasteiger partial charge is 0.128 e. The van der Waals surface area contributed by atoms with Gasteiger partial charge in [0, 0.05) is 38.2 Å². The van der Waals surface area contributed by atoms with Crippen LogP contribution in [0.1, 0.15) is 23.6 Å². The predicted octanol–water partition coefficient (Wildman–Crippen LogP) is 2.48. The summed E-state index contributed by atoms with van der Waals surface area (Å²) in [6.45, 7) is 2.03. The molecular weight excluding hydrogens is 286 g/mol. The van der Waals surface area contributed by atoms with Crippen LogP contribution < -0.4 is 4.90 Å². The van der Waals surface area contributed by atoms with E-state index in [1.807, 2.05) is 30.6 Å². The number of nitrogens with zero attached hydrogens (tertiary/aromatic N) is 5. The molecule has 0 N–H and O–H groups in total. The predicted molar refractivity (Wildman–Crippen MR) is 89.9 cm³/mol. The molecule has 2 aromatic rings. The molecule has 118 valence electrons. The van der Waals surface area contributed by atoms with Crippen molar-refractivity contribution in [3.05, 3.63) is 54.0 Å². The van der Waals surface area contributed by atoms with Gasteiger partial charge in [-0.15, -0.1) is 0 Å². The zero-order valence-electron chi connectivity index (χ0n) is 13.6. The summed E-state index contributed by atoms with van der Waals surface area (Å²) in [6.07, 6.45) is 6.58. The number of nitriles is 1. The van der Waals surface area contributed by atoms with Crippen molar-refractivity contribution in [3.63, 3.8) is 0 Å². The van der Waals surface area contributed by atoms with Gasteiger partial charge in [0.25, 0.3) is 0 Å². The maximum absolute atomic E-state index is 8.87. The van der Waals surface area contributed by atoms with Crippen LogP contribution in [0, 0.1) is 17.2 Å². The Bertz CT molecular complexity index is 677. The van der Waals surface area contributed by atoms with E-state index in [9.17, 15) is 0 Å². The third-order valence-electron chi connectivity index (χ3n) is 4.58. The van der Waals surface area contributed by atoms with Crippen LogP contribution in [0.15, 0.2) is 42.9 Å². The lowest BCUT2D eigenvalue weighted by Gasteiger charge is -2.29. The summed E-state index contributed by atoms with van der Waals surface area (Å²) in [5.74, 6) is 1.44. The number of rotatable bonds is 4. The average molecular weight is 307 g/mol. The van der Waals surface area contributed by atoms with Gasteiger partial charge >= 0.3 is 0 Å². The molecule has 1 aliphatic rings. The molecule has 0 amide bonds. The van der Waals surface area contributed by atoms with Crippen molar-refractivity contribution in [2.45, 2.75) is 12.5 Å². The first-order valence-electron chi connectivity index (χ1n) is 7.86. The van der Waals surface area contributed by atoms with Gasteiger partial charge in [0.2, 0.25) is 0 Å². The molecule has 0 radical (unpaired) electrons. The topological polar surface area (TPSA) is 56.0 Å². The highest BCUT2D eigenvalue weighted by Gasteiger charge is 2.33. The molecule has 0 aliphatic carbocycles. The van der Waals surface area contributed by atoms with Gasteiger partial charge in [-0.2, -0.15) is 5.26 Å². The Kier molecular flexibility index (Phi) is 4.54. The van der Waals surface area contributed by atoms with Crippen LogP contribution >= 0.6 is 0 Å². The molecule has 0 aromatic carbocycles. The molecule has 3 heterocycles. The molecule has 5 heteroatoms. The summed E-state index contributed by atoms with van der Waals surface area (Å²) < 4.78 is 0. The lowest BCUT2D eigenvalue weighted by atomic mass is 9.94. The Morgan fingerprint density at radius 3 is 2.87 bits per heavy atom. The van der Waals surface area contributed by atoms with Gasteiger partial charge < -0.3 is 4.90 Å². The molecule has 1 aliphatic heterocycles. The molecule has 2 aromatic heterocycles. The van der Waals surface area contributed by atoms with Crippen molar-refractivity contribution in [2.75, 3.05) is 32.1 Å². The minimum Gasteiger partial charge on any atom is -0.359 e. The van der Waals surface area contributed by atoms with E-state index in [4.69, 9.17) is 5.26 Å². The molecule has 0 spiro atoms. The summed E-state index contributed by atoms with van der Waals surface area (Å²) in [4.78, 5) is 13.2. The Balaban J connectivity index is 1.74. The second kappa shape index (κ2) is 6.76. The van der Waals surface area contributed by atoms with E-state index in [0.717, 1.165) is 25.3 Å². The Labute approximate surface area is 137 Å². The highest BCUT2D eigenvalue weighted by Crippen LogP contribution is 2.36. The minimum absolute atomic E-state index is 0.393. The molecule has 0 saturated carbocycles. The van der Waals surface area contributed by atoms with Gasteiger partial charge in [-0.3, -0.25) is 9.88 Å². The highest BCUT2D eigenvalue weighted by molar-refractivity contribution is 5.41. The van der Waals surface area contributed by atoms with E-state index in [2.05, 4.69) is 46.0 Å². The molecule has 5 nitrogen and oxygen atoms in total. The Morgan fingerprint density at radius 2 is 2.22 bits per heavy atom. The monoisotopic (exact) mass is 307 g/mol. The summed E-state index contributed by atoms with van der Waals surface area (Å²) in [7, 11) is 4.24. The van der Waals surface area contributed by atoms with Gasteiger partial charge in [-0.25, -0.2) is 4.98 Å². The number of likely N-dealkylation sites (tertiary alicyclic amines) is 1. The summed E-state index contributed by atoms with van der Waals surface area (Å²) in [6, 6.07) is 10.4. The number of hydrogen-bond donors (Lipinski definition) is 0. The van der Waals surface area contributed by atoms with Crippen molar-refractivity contribution in [1.82, 2.24) is 14.9 Å². The lowest BCUT2D eigenvalue weighted by molar-refractivity contribution is 0.278. The van der Waals surface area contributed by atoms with Crippen molar-refractivity contribution in [3.8, 4) is 6.07 Å². The number of pyridine rings is 2. The van der Waals surface area contributed by atoms with Crippen LogP contribution in [0.3, 0.4) is 0 Å². The average Bonchev–Trinajstić information content (AvgIpc) is 2.96. The van der Waals surface area contributed by atoms with Crippen LogP contribution in [-0.2, 0) is 0 Å². The zero-order chi connectivity index (χ0) is 16.2. The van der Waals surface area contributed by atoms with Crippen molar-refractivity contribution in [2.24, 2.45) is 5.92 Å².